The third kappa shape index (κ3) is 3.98. The Hall–Kier alpha value is -0.0400. The first kappa shape index (κ1) is 14.4. The molecule has 0 aliphatic heterocycles. The quantitative estimate of drug-likeness (QED) is 0.759. The van der Waals surface area contributed by atoms with Crippen LogP contribution >= 0.6 is 0 Å². The highest BCUT2D eigenvalue weighted by Crippen LogP contribution is 2.32. The highest BCUT2D eigenvalue weighted by molar-refractivity contribution is 4.84. The zero-order valence-electron chi connectivity index (χ0n) is 12.8. The van der Waals surface area contributed by atoms with Gasteiger partial charge in [-0.3, -0.25) is 0 Å². The van der Waals surface area contributed by atoms with E-state index < -0.39 is 0 Å². The first-order valence-electron chi connectivity index (χ1n) is 8.43. The van der Waals surface area contributed by atoms with Gasteiger partial charge < -0.3 is 5.32 Å². The van der Waals surface area contributed by atoms with Crippen LogP contribution in [-0.4, -0.2) is 12.1 Å². The van der Waals surface area contributed by atoms with Crippen LogP contribution in [0.5, 0.6) is 0 Å². The molecule has 0 aromatic rings. The van der Waals surface area contributed by atoms with Gasteiger partial charge in [0.25, 0.3) is 0 Å². The highest BCUT2D eigenvalue weighted by Gasteiger charge is 2.27. The van der Waals surface area contributed by atoms with Crippen LogP contribution in [0.3, 0.4) is 0 Å². The van der Waals surface area contributed by atoms with E-state index in [1.807, 2.05) is 0 Å². The predicted molar refractivity (Wildman–Crippen MR) is 79.8 cm³/mol. The molecule has 3 unspecified atom stereocenters. The van der Waals surface area contributed by atoms with Gasteiger partial charge in [-0.1, -0.05) is 46.0 Å². The number of hydrogen-bond donors (Lipinski definition) is 1. The summed E-state index contributed by atoms with van der Waals surface area (Å²) in [5, 5.41) is 3.97. The lowest BCUT2D eigenvalue weighted by molar-refractivity contribution is 0.195. The summed E-state index contributed by atoms with van der Waals surface area (Å²) in [5.41, 5.74) is 0. The molecule has 18 heavy (non-hydrogen) atoms. The Labute approximate surface area is 114 Å². The molecule has 2 aliphatic carbocycles. The van der Waals surface area contributed by atoms with Gasteiger partial charge in [-0.05, 0) is 50.4 Å². The fraction of sp³-hybridized carbons (Fsp3) is 1.00. The molecule has 1 N–H and O–H groups in total. The van der Waals surface area contributed by atoms with Crippen LogP contribution in [0.4, 0.5) is 0 Å². The van der Waals surface area contributed by atoms with Crippen molar-refractivity contribution >= 4 is 0 Å². The summed E-state index contributed by atoms with van der Waals surface area (Å²) in [7, 11) is 0. The Morgan fingerprint density at radius 3 is 2.11 bits per heavy atom. The van der Waals surface area contributed by atoms with Crippen LogP contribution in [0.1, 0.15) is 78.6 Å². The lowest BCUT2D eigenvalue weighted by Gasteiger charge is -2.36. The molecule has 2 saturated carbocycles. The molecule has 0 saturated heterocycles. The maximum atomic E-state index is 3.97. The molecule has 0 bridgehead atoms. The molecule has 0 spiro atoms. The van der Waals surface area contributed by atoms with E-state index in [0.29, 0.717) is 0 Å². The fourth-order valence-corrected chi connectivity index (χ4v) is 4.13. The van der Waals surface area contributed by atoms with Crippen LogP contribution in [0, 0.1) is 17.8 Å². The lowest BCUT2D eigenvalue weighted by atomic mass is 9.78. The second-order valence-electron chi connectivity index (χ2n) is 7.22. The minimum absolute atomic E-state index is 0.751. The van der Waals surface area contributed by atoms with E-state index in [1.54, 1.807) is 0 Å². The minimum atomic E-state index is 0.751. The van der Waals surface area contributed by atoms with E-state index in [4.69, 9.17) is 0 Å². The summed E-state index contributed by atoms with van der Waals surface area (Å²) < 4.78 is 0. The van der Waals surface area contributed by atoms with Crippen molar-refractivity contribution in [3.63, 3.8) is 0 Å². The Morgan fingerprint density at radius 2 is 1.44 bits per heavy atom. The molecule has 3 atom stereocenters. The van der Waals surface area contributed by atoms with E-state index in [0.717, 1.165) is 29.8 Å². The van der Waals surface area contributed by atoms with Crippen molar-refractivity contribution in [3.8, 4) is 0 Å². The second kappa shape index (κ2) is 6.93. The van der Waals surface area contributed by atoms with E-state index in [2.05, 4.69) is 26.1 Å². The molecule has 0 radical (unpaired) electrons. The average molecular weight is 251 g/mol. The third-order valence-corrected chi connectivity index (χ3v) is 5.51. The predicted octanol–water partition coefficient (Wildman–Crippen LogP) is 4.76. The van der Waals surface area contributed by atoms with Gasteiger partial charge in [0.2, 0.25) is 0 Å². The first-order valence-corrected chi connectivity index (χ1v) is 8.43. The van der Waals surface area contributed by atoms with Crippen LogP contribution in [0.25, 0.3) is 0 Å². The van der Waals surface area contributed by atoms with Crippen molar-refractivity contribution in [2.45, 2.75) is 90.6 Å². The monoisotopic (exact) mass is 251 g/mol. The molecule has 0 heterocycles. The molecule has 0 aromatic carbocycles. The molecule has 106 valence electrons. The van der Waals surface area contributed by atoms with Gasteiger partial charge >= 0.3 is 0 Å². The Bertz CT molecular complexity index is 230. The van der Waals surface area contributed by atoms with Crippen molar-refractivity contribution in [3.05, 3.63) is 0 Å². The topological polar surface area (TPSA) is 12.0 Å². The maximum absolute atomic E-state index is 3.97. The zero-order valence-corrected chi connectivity index (χ0v) is 12.8. The van der Waals surface area contributed by atoms with Gasteiger partial charge in [-0.15, -0.1) is 0 Å². The first-order chi connectivity index (χ1) is 8.66. The minimum Gasteiger partial charge on any atom is -0.311 e. The molecule has 0 amide bonds. The number of rotatable bonds is 4. The number of nitrogens with one attached hydrogen (secondary N) is 1. The summed E-state index contributed by atoms with van der Waals surface area (Å²) in [6.45, 7) is 7.24. The molecule has 2 fully saturated rings. The second-order valence-corrected chi connectivity index (χ2v) is 7.22. The van der Waals surface area contributed by atoms with Gasteiger partial charge in [-0.2, -0.15) is 0 Å². The molecular weight excluding hydrogens is 218 g/mol. The lowest BCUT2D eigenvalue weighted by Crippen LogP contribution is -2.44. The molecule has 2 aliphatic rings. The van der Waals surface area contributed by atoms with Crippen LogP contribution in [0.15, 0.2) is 0 Å². The summed E-state index contributed by atoms with van der Waals surface area (Å²) in [5.74, 6) is 2.80. The van der Waals surface area contributed by atoms with Crippen molar-refractivity contribution in [2.75, 3.05) is 0 Å². The maximum Gasteiger partial charge on any atom is 0.00723 e. The molecule has 1 heteroatoms. The van der Waals surface area contributed by atoms with Gasteiger partial charge in [-0.25, -0.2) is 0 Å². The van der Waals surface area contributed by atoms with Crippen molar-refractivity contribution in [2.24, 2.45) is 17.8 Å². The van der Waals surface area contributed by atoms with Crippen molar-refractivity contribution < 1.29 is 0 Å². The van der Waals surface area contributed by atoms with Gasteiger partial charge in [0.1, 0.15) is 0 Å². The summed E-state index contributed by atoms with van der Waals surface area (Å²) in [4.78, 5) is 0. The standard InChI is InChI=1S/C17H33N/c1-13(2)16-10-7-11-17(12-16)18-14(3)15-8-5-4-6-9-15/h13-18H,4-12H2,1-3H3. The van der Waals surface area contributed by atoms with Crippen molar-refractivity contribution in [1.29, 1.82) is 0 Å². The smallest absolute Gasteiger partial charge is 0.00723 e. The average Bonchev–Trinajstić information content (AvgIpc) is 2.40. The van der Waals surface area contributed by atoms with Crippen LogP contribution in [-0.2, 0) is 0 Å². The zero-order chi connectivity index (χ0) is 13.0. The van der Waals surface area contributed by atoms with Crippen LogP contribution < -0.4 is 5.32 Å². The molecule has 2 rings (SSSR count). The van der Waals surface area contributed by atoms with Gasteiger partial charge in [0, 0.05) is 12.1 Å². The van der Waals surface area contributed by atoms with Crippen LogP contribution in [0.2, 0.25) is 0 Å². The Balaban J connectivity index is 1.77. The SMILES string of the molecule is CC(C)C1CCCC(NC(C)C2CCCCC2)C1. The third-order valence-electron chi connectivity index (χ3n) is 5.51. The van der Waals surface area contributed by atoms with E-state index in [9.17, 15) is 0 Å². The molecular formula is C17H33N. The van der Waals surface area contributed by atoms with E-state index >= 15 is 0 Å². The Kier molecular flexibility index (Phi) is 5.54. The molecule has 0 aromatic heterocycles. The van der Waals surface area contributed by atoms with Gasteiger partial charge in [0.05, 0.1) is 0 Å². The largest absolute Gasteiger partial charge is 0.311 e. The van der Waals surface area contributed by atoms with Gasteiger partial charge in [0.15, 0.2) is 0 Å². The molecule has 1 nitrogen and oxygen atoms in total. The number of hydrogen-bond acceptors (Lipinski definition) is 1. The van der Waals surface area contributed by atoms with E-state index in [-0.39, 0.29) is 0 Å². The normalized spacial score (nSPS) is 32.7. The van der Waals surface area contributed by atoms with E-state index in [1.165, 1.54) is 57.8 Å². The summed E-state index contributed by atoms with van der Waals surface area (Å²) in [6, 6.07) is 1.56. The fourth-order valence-electron chi connectivity index (χ4n) is 4.13. The summed E-state index contributed by atoms with van der Waals surface area (Å²) in [6.07, 6.45) is 13.1. The Morgan fingerprint density at radius 1 is 0.778 bits per heavy atom. The summed E-state index contributed by atoms with van der Waals surface area (Å²) >= 11 is 0. The highest BCUT2D eigenvalue weighted by atomic mass is 15.0. The van der Waals surface area contributed by atoms with Crippen molar-refractivity contribution in [1.82, 2.24) is 5.32 Å².